The first kappa shape index (κ1) is 23.3. The van der Waals surface area contributed by atoms with Gasteiger partial charge in [0, 0.05) is 55.7 Å². The molecule has 1 fully saturated rings. The molecular weight excluding hydrogens is 430 g/mol. The summed E-state index contributed by atoms with van der Waals surface area (Å²) in [4.78, 5) is 28.2. The first-order valence-corrected chi connectivity index (χ1v) is 11.4. The van der Waals surface area contributed by atoms with Crippen LogP contribution in [0.25, 0.3) is 10.9 Å². The minimum absolute atomic E-state index is 0.0230. The van der Waals surface area contributed by atoms with Gasteiger partial charge in [0.05, 0.1) is 18.2 Å². The van der Waals surface area contributed by atoms with Gasteiger partial charge in [0.2, 0.25) is 11.8 Å². The molecule has 2 amide bonds. The zero-order valence-electron chi connectivity index (χ0n) is 19.3. The molecule has 2 aromatic carbocycles. The second-order valence-corrected chi connectivity index (χ2v) is 8.58. The number of carbonyl (C=O) groups excluding carboxylic acids is 2. The number of hydrogen-bond acceptors (Lipinski definition) is 5. The van der Waals surface area contributed by atoms with Crippen LogP contribution in [0.15, 0.2) is 54.7 Å². The average molecular weight is 460 g/mol. The highest BCUT2D eigenvalue weighted by atomic mass is 16.5. The molecule has 34 heavy (non-hydrogen) atoms. The summed E-state index contributed by atoms with van der Waals surface area (Å²) in [6.45, 7) is 2.73. The number of nitrogens with two attached hydrogens (primary N) is 1. The quantitative estimate of drug-likeness (QED) is 0.522. The molecular formula is C26H29N5O3. The van der Waals surface area contributed by atoms with Crippen molar-refractivity contribution in [2.45, 2.75) is 25.4 Å². The summed E-state index contributed by atoms with van der Waals surface area (Å²) >= 11 is 0. The predicted molar refractivity (Wildman–Crippen MR) is 130 cm³/mol. The Balaban J connectivity index is 1.22. The van der Waals surface area contributed by atoms with Crippen LogP contribution in [0.5, 0.6) is 0 Å². The minimum atomic E-state index is -0.456. The molecule has 8 nitrogen and oxygen atoms in total. The first-order chi connectivity index (χ1) is 16.5. The van der Waals surface area contributed by atoms with E-state index in [1.54, 1.807) is 17.0 Å². The van der Waals surface area contributed by atoms with Crippen LogP contribution in [-0.4, -0.2) is 60.7 Å². The molecule has 0 atom stereocenters. The van der Waals surface area contributed by atoms with Crippen molar-refractivity contribution in [3.8, 4) is 6.07 Å². The maximum atomic E-state index is 12.7. The van der Waals surface area contributed by atoms with Gasteiger partial charge in [-0.15, -0.1) is 0 Å². The summed E-state index contributed by atoms with van der Waals surface area (Å²) in [5.74, 6) is -0.479. The van der Waals surface area contributed by atoms with Crippen LogP contribution in [0.2, 0.25) is 0 Å². The van der Waals surface area contributed by atoms with Crippen molar-refractivity contribution in [1.29, 1.82) is 5.26 Å². The van der Waals surface area contributed by atoms with E-state index in [0.29, 0.717) is 24.3 Å². The standard InChI is InChI=1S/C26H29N5O3/c1-29(22-9-12-30(13-10-22)23-6-2-19(17-27)3-7-23)25(32)18-34-15-14-31-11-8-20-4-5-21(26(28)33)16-24(20)31/h2-8,11,16,22H,9-10,12-15,18H2,1H3,(H2,28,33). The van der Waals surface area contributed by atoms with Crippen LogP contribution < -0.4 is 10.6 Å². The number of primary amides is 1. The molecule has 0 spiro atoms. The smallest absolute Gasteiger partial charge is 0.248 e. The van der Waals surface area contributed by atoms with Gasteiger partial charge in [-0.1, -0.05) is 6.07 Å². The summed E-state index contributed by atoms with van der Waals surface area (Å²) in [6.07, 6.45) is 3.72. The molecule has 1 aliphatic heterocycles. The van der Waals surface area contributed by atoms with Crippen LogP contribution in [0.4, 0.5) is 5.69 Å². The third-order valence-electron chi connectivity index (χ3n) is 6.53. The molecule has 0 radical (unpaired) electrons. The van der Waals surface area contributed by atoms with Gasteiger partial charge in [-0.2, -0.15) is 5.26 Å². The zero-order chi connectivity index (χ0) is 24.1. The third-order valence-corrected chi connectivity index (χ3v) is 6.53. The monoisotopic (exact) mass is 459 g/mol. The summed E-state index contributed by atoms with van der Waals surface area (Å²) in [6, 6.07) is 17.3. The zero-order valence-corrected chi connectivity index (χ0v) is 19.3. The maximum Gasteiger partial charge on any atom is 0.248 e. The van der Waals surface area contributed by atoms with Crippen LogP contribution in [0.1, 0.15) is 28.8 Å². The topological polar surface area (TPSA) is 105 Å². The Hall–Kier alpha value is -3.83. The van der Waals surface area contributed by atoms with E-state index in [9.17, 15) is 9.59 Å². The molecule has 4 rings (SSSR count). The number of piperidine rings is 1. The molecule has 176 valence electrons. The van der Waals surface area contributed by atoms with E-state index in [0.717, 1.165) is 42.5 Å². The van der Waals surface area contributed by atoms with Gasteiger partial charge < -0.3 is 24.8 Å². The number of likely N-dealkylation sites (N-methyl/N-ethyl adjacent to an activating group) is 1. The van der Waals surface area contributed by atoms with Crippen LogP contribution >= 0.6 is 0 Å². The Morgan fingerprint density at radius 1 is 1.15 bits per heavy atom. The SMILES string of the molecule is CN(C(=O)COCCn1ccc2ccc(C(N)=O)cc21)C1CCN(c2ccc(C#N)cc2)CC1. The van der Waals surface area contributed by atoms with E-state index in [4.69, 9.17) is 15.7 Å². The van der Waals surface area contributed by atoms with Crippen molar-refractivity contribution in [2.24, 2.45) is 5.73 Å². The normalized spacial score (nSPS) is 14.2. The Morgan fingerprint density at radius 3 is 2.56 bits per heavy atom. The molecule has 1 saturated heterocycles. The van der Waals surface area contributed by atoms with Crippen molar-refractivity contribution < 1.29 is 14.3 Å². The lowest BCUT2D eigenvalue weighted by Gasteiger charge is -2.37. The summed E-state index contributed by atoms with van der Waals surface area (Å²) < 4.78 is 7.67. The molecule has 0 saturated carbocycles. The van der Waals surface area contributed by atoms with Crippen molar-refractivity contribution in [3.63, 3.8) is 0 Å². The second-order valence-electron chi connectivity index (χ2n) is 8.58. The largest absolute Gasteiger partial charge is 0.371 e. The Morgan fingerprint density at radius 2 is 1.88 bits per heavy atom. The lowest BCUT2D eigenvalue weighted by molar-refractivity contribution is -0.137. The number of anilines is 1. The lowest BCUT2D eigenvalue weighted by atomic mass is 10.0. The van der Waals surface area contributed by atoms with Crippen molar-refractivity contribution >= 4 is 28.4 Å². The molecule has 0 unspecified atom stereocenters. The number of hydrogen-bond donors (Lipinski definition) is 1. The Kier molecular flexibility index (Phi) is 7.14. The highest BCUT2D eigenvalue weighted by molar-refractivity contribution is 5.97. The van der Waals surface area contributed by atoms with Gasteiger partial charge in [-0.05, 0) is 60.7 Å². The number of nitriles is 1. The van der Waals surface area contributed by atoms with Crippen molar-refractivity contribution in [2.75, 3.05) is 38.3 Å². The summed E-state index contributed by atoms with van der Waals surface area (Å²) in [5, 5.41) is 9.98. The predicted octanol–water partition coefficient (Wildman–Crippen LogP) is 2.76. The van der Waals surface area contributed by atoms with E-state index >= 15 is 0 Å². The third kappa shape index (κ3) is 5.21. The Labute approximate surface area is 199 Å². The van der Waals surface area contributed by atoms with E-state index in [-0.39, 0.29) is 18.6 Å². The van der Waals surface area contributed by atoms with Crippen LogP contribution in [0, 0.1) is 11.3 Å². The van der Waals surface area contributed by atoms with Gasteiger partial charge >= 0.3 is 0 Å². The molecule has 1 aromatic heterocycles. The number of carbonyl (C=O) groups is 2. The lowest BCUT2D eigenvalue weighted by Crippen LogP contribution is -2.46. The average Bonchev–Trinajstić information content (AvgIpc) is 3.28. The highest BCUT2D eigenvalue weighted by Gasteiger charge is 2.25. The number of benzene rings is 2. The fourth-order valence-electron chi connectivity index (χ4n) is 4.42. The van der Waals surface area contributed by atoms with Crippen LogP contribution in [0.3, 0.4) is 0 Å². The molecule has 0 bridgehead atoms. The molecule has 2 N–H and O–H groups in total. The molecule has 3 aromatic rings. The summed E-state index contributed by atoms with van der Waals surface area (Å²) in [7, 11) is 1.85. The molecule has 2 heterocycles. The van der Waals surface area contributed by atoms with Crippen LogP contribution in [-0.2, 0) is 16.1 Å². The van der Waals surface area contributed by atoms with E-state index in [1.807, 2.05) is 54.2 Å². The molecule has 1 aliphatic rings. The van der Waals surface area contributed by atoms with Gasteiger partial charge in [0.15, 0.2) is 0 Å². The van der Waals surface area contributed by atoms with Crippen molar-refractivity contribution in [1.82, 2.24) is 9.47 Å². The van der Waals surface area contributed by atoms with Gasteiger partial charge in [-0.25, -0.2) is 0 Å². The number of rotatable bonds is 8. The van der Waals surface area contributed by atoms with Gasteiger partial charge in [0.25, 0.3) is 0 Å². The fourth-order valence-corrected chi connectivity index (χ4v) is 4.42. The van der Waals surface area contributed by atoms with Crippen molar-refractivity contribution in [3.05, 3.63) is 65.9 Å². The van der Waals surface area contributed by atoms with E-state index < -0.39 is 5.91 Å². The number of aromatic nitrogens is 1. The number of amides is 2. The maximum absolute atomic E-state index is 12.7. The number of nitrogens with zero attached hydrogens (tertiary/aromatic N) is 4. The number of ether oxygens (including phenoxy) is 1. The summed E-state index contributed by atoms with van der Waals surface area (Å²) in [5.41, 5.74) is 8.53. The molecule has 8 heteroatoms. The van der Waals surface area contributed by atoms with Gasteiger partial charge in [0.1, 0.15) is 6.61 Å². The van der Waals surface area contributed by atoms with E-state index in [2.05, 4.69) is 11.0 Å². The minimum Gasteiger partial charge on any atom is -0.371 e. The fraction of sp³-hybridized carbons (Fsp3) is 0.346. The van der Waals surface area contributed by atoms with Gasteiger partial charge in [-0.3, -0.25) is 9.59 Å². The Bertz CT molecular complexity index is 1200. The molecule has 0 aliphatic carbocycles. The highest BCUT2D eigenvalue weighted by Crippen LogP contribution is 2.23. The van der Waals surface area contributed by atoms with E-state index in [1.165, 1.54) is 0 Å². The first-order valence-electron chi connectivity index (χ1n) is 11.4. The second kappa shape index (κ2) is 10.4. The number of fused-ring (bicyclic) bond motifs is 1.